The van der Waals surface area contributed by atoms with E-state index in [1.54, 1.807) is 0 Å². The van der Waals surface area contributed by atoms with Gasteiger partial charge in [0.2, 0.25) is 0 Å². The highest BCUT2D eigenvalue weighted by Crippen LogP contribution is 2.38. The Bertz CT molecular complexity index is 730. The van der Waals surface area contributed by atoms with Crippen molar-refractivity contribution in [3.05, 3.63) is 60.2 Å². The normalized spacial score (nSPS) is 12.4. The number of benzene rings is 3. The second-order valence-corrected chi connectivity index (χ2v) is 6.37. The molecule has 3 aromatic carbocycles. The van der Waals surface area contributed by atoms with Crippen LogP contribution in [0.25, 0.3) is 21.5 Å². The van der Waals surface area contributed by atoms with Crippen molar-refractivity contribution in [3.63, 3.8) is 0 Å². The van der Waals surface area contributed by atoms with Crippen LogP contribution in [-0.2, 0) is 10.3 Å². The van der Waals surface area contributed by atoms with Crippen LogP contribution in [0.3, 0.4) is 0 Å². The molecule has 0 aromatic heterocycles. The van der Waals surface area contributed by atoms with E-state index in [1.807, 2.05) is 0 Å². The van der Waals surface area contributed by atoms with Gasteiger partial charge in [-0.25, -0.2) is 0 Å². The fourth-order valence-electron chi connectivity index (χ4n) is 3.31. The summed E-state index contributed by atoms with van der Waals surface area (Å²) in [4.78, 5) is 0. The molecule has 0 aliphatic heterocycles. The van der Waals surface area contributed by atoms with E-state index < -0.39 is 0 Å². The zero-order valence-corrected chi connectivity index (χ0v) is 13.2. The summed E-state index contributed by atoms with van der Waals surface area (Å²) >= 11 is 0. The molecule has 0 saturated heterocycles. The maximum atomic E-state index is 6.24. The predicted octanol–water partition coefficient (Wildman–Crippen LogP) is 5.65. The van der Waals surface area contributed by atoms with Crippen LogP contribution in [0.5, 0.6) is 0 Å². The first-order valence-corrected chi connectivity index (χ1v) is 7.58. The molecule has 108 valence electrons. The summed E-state index contributed by atoms with van der Waals surface area (Å²) in [5.74, 6) is 0. The zero-order valence-electron chi connectivity index (χ0n) is 13.2. The van der Waals surface area contributed by atoms with Crippen LogP contribution in [0.15, 0.2) is 54.6 Å². The monoisotopic (exact) mass is 278 g/mol. The minimum atomic E-state index is -0.325. The second kappa shape index (κ2) is 5.16. The van der Waals surface area contributed by atoms with Crippen LogP contribution in [0.1, 0.15) is 33.3 Å². The molecular weight excluding hydrogens is 256 g/mol. The van der Waals surface area contributed by atoms with Crippen molar-refractivity contribution < 1.29 is 4.74 Å². The third-order valence-corrected chi connectivity index (χ3v) is 3.90. The number of hydrogen-bond donors (Lipinski definition) is 0. The van der Waals surface area contributed by atoms with Crippen LogP contribution in [0.4, 0.5) is 0 Å². The third kappa shape index (κ3) is 2.54. The first-order chi connectivity index (χ1) is 9.99. The largest absolute Gasteiger partial charge is 0.368 e. The van der Waals surface area contributed by atoms with E-state index in [-0.39, 0.29) is 11.7 Å². The van der Waals surface area contributed by atoms with Crippen LogP contribution < -0.4 is 0 Å². The van der Waals surface area contributed by atoms with Gasteiger partial charge in [0.25, 0.3) is 0 Å². The maximum Gasteiger partial charge on any atom is 0.0890 e. The summed E-state index contributed by atoms with van der Waals surface area (Å²) in [6.07, 6.45) is 0.192. The van der Waals surface area contributed by atoms with Gasteiger partial charge < -0.3 is 4.74 Å². The molecular formula is C20H22O. The lowest BCUT2D eigenvalue weighted by molar-refractivity contribution is -0.0581. The van der Waals surface area contributed by atoms with E-state index in [0.717, 1.165) is 0 Å². The minimum Gasteiger partial charge on any atom is -0.368 e. The third-order valence-electron chi connectivity index (χ3n) is 3.90. The highest BCUT2D eigenvalue weighted by atomic mass is 16.5. The van der Waals surface area contributed by atoms with Gasteiger partial charge in [-0.3, -0.25) is 0 Å². The van der Waals surface area contributed by atoms with Crippen LogP contribution >= 0.6 is 0 Å². The van der Waals surface area contributed by atoms with Gasteiger partial charge in [0, 0.05) is 0 Å². The number of fused-ring (bicyclic) bond motifs is 2. The molecule has 0 aliphatic carbocycles. The van der Waals surface area contributed by atoms with Crippen molar-refractivity contribution in [1.82, 2.24) is 0 Å². The second-order valence-electron chi connectivity index (χ2n) is 6.37. The van der Waals surface area contributed by atoms with E-state index in [2.05, 4.69) is 82.3 Å². The van der Waals surface area contributed by atoms with Crippen LogP contribution in [0.2, 0.25) is 0 Å². The molecule has 0 atom stereocenters. The molecule has 0 bridgehead atoms. The molecule has 3 rings (SSSR count). The van der Waals surface area contributed by atoms with E-state index in [1.165, 1.54) is 27.1 Å². The van der Waals surface area contributed by atoms with Crippen molar-refractivity contribution in [2.75, 3.05) is 0 Å². The van der Waals surface area contributed by atoms with Crippen LogP contribution in [-0.4, -0.2) is 6.10 Å². The fraction of sp³-hybridized carbons (Fsp3) is 0.300. The van der Waals surface area contributed by atoms with Gasteiger partial charge in [0.05, 0.1) is 11.7 Å². The minimum absolute atomic E-state index is 0.192. The van der Waals surface area contributed by atoms with Crippen molar-refractivity contribution >= 4 is 21.5 Å². The molecule has 0 unspecified atom stereocenters. The van der Waals surface area contributed by atoms with E-state index >= 15 is 0 Å². The molecule has 0 amide bonds. The Kier molecular flexibility index (Phi) is 3.46. The molecule has 0 saturated carbocycles. The first-order valence-electron chi connectivity index (χ1n) is 7.58. The van der Waals surface area contributed by atoms with Gasteiger partial charge in [-0.2, -0.15) is 0 Å². The Morgan fingerprint density at radius 3 is 1.76 bits per heavy atom. The average Bonchev–Trinajstić information content (AvgIpc) is 2.43. The number of ether oxygens (including phenoxy) is 1. The van der Waals surface area contributed by atoms with Gasteiger partial charge in [0.15, 0.2) is 0 Å². The van der Waals surface area contributed by atoms with E-state index in [4.69, 9.17) is 4.74 Å². The molecule has 3 aromatic rings. The lowest BCUT2D eigenvalue weighted by Crippen LogP contribution is -2.26. The molecule has 1 heteroatoms. The smallest absolute Gasteiger partial charge is 0.0890 e. The van der Waals surface area contributed by atoms with Gasteiger partial charge in [-0.15, -0.1) is 0 Å². The summed E-state index contributed by atoms with van der Waals surface area (Å²) in [5, 5.41) is 5.10. The van der Waals surface area contributed by atoms with E-state index in [9.17, 15) is 0 Å². The summed E-state index contributed by atoms with van der Waals surface area (Å²) in [7, 11) is 0. The molecule has 0 heterocycles. The molecule has 1 nitrogen and oxygen atoms in total. The number of rotatable bonds is 3. The molecule has 0 N–H and O–H groups in total. The quantitative estimate of drug-likeness (QED) is 0.562. The molecule has 0 aliphatic rings. The van der Waals surface area contributed by atoms with E-state index in [0.29, 0.717) is 0 Å². The van der Waals surface area contributed by atoms with Crippen molar-refractivity contribution in [2.45, 2.75) is 39.4 Å². The van der Waals surface area contributed by atoms with Gasteiger partial charge in [-0.05, 0) is 60.9 Å². The fourth-order valence-corrected chi connectivity index (χ4v) is 3.31. The molecule has 0 spiro atoms. The molecule has 0 fully saturated rings. The SMILES string of the molecule is CC(C)OC(C)(C)c1c2ccccc2cc2ccccc12. The van der Waals surface area contributed by atoms with Crippen LogP contribution in [0, 0.1) is 0 Å². The lowest BCUT2D eigenvalue weighted by Gasteiger charge is -2.31. The van der Waals surface area contributed by atoms with Crippen molar-refractivity contribution in [3.8, 4) is 0 Å². The summed E-state index contributed by atoms with van der Waals surface area (Å²) in [6.45, 7) is 8.52. The topological polar surface area (TPSA) is 9.23 Å². The highest BCUT2D eigenvalue weighted by molar-refractivity contribution is 6.02. The average molecular weight is 278 g/mol. The first kappa shape index (κ1) is 14.1. The maximum absolute atomic E-state index is 6.24. The number of hydrogen-bond acceptors (Lipinski definition) is 1. The standard InChI is InChI=1S/C20H22O/c1-14(2)21-20(3,4)19-17-11-7-5-9-15(17)13-16-10-6-8-12-18(16)19/h5-14H,1-4H3. The Morgan fingerprint density at radius 1 is 0.810 bits per heavy atom. The highest BCUT2D eigenvalue weighted by Gasteiger charge is 2.27. The predicted molar refractivity (Wildman–Crippen MR) is 90.7 cm³/mol. The van der Waals surface area contributed by atoms with Crippen molar-refractivity contribution in [2.24, 2.45) is 0 Å². The Labute approximate surface area is 126 Å². The van der Waals surface area contributed by atoms with Crippen molar-refractivity contribution in [1.29, 1.82) is 0 Å². The lowest BCUT2D eigenvalue weighted by atomic mass is 9.87. The Balaban J connectivity index is 2.40. The summed E-state index contributed by atoms with van der Waals surface area (Å²) in [5.41, 5.74) is 0.958. The van der Waals surface area contributed by atoms with Gasteiger partial charge in [0.1, 0.15) is 0 Å². The van der Waals surface area contributed by atoms with Gasteiger partial charge in [-0.1, -0.05) is 48.5 Å². The Hall–Kier alpha value is -1.86. The molecule has 0 radical (unpaired) electrons. The summed E-state index contributed by atoms with van der Waals surface area (Å²) in [6, 6.07) is 19.4. The van der Waals surface area contributed by atoms with Gasteiger partial charge >= 0.3 is 0 Å². The molecule has 21 heavy (non-hydrogen) atoms. The zero-order chi connectivity index (χ0) is 15.0. The Morgan fingerprint density at radius 2 is 1.29 bits per heavy atom. The summed E-state index contributed by atoms with van der Waals surface area (Å²) < 4.78 is 6.24.